The zero-order valence-electron chi connectivity index (χ0n) is 15.9. The molecule has 1 fully saturated rings. The molecule has 2 aromatic heterocycles. The summed E-state index contributed by atoms with van der Waals surface area (Å²) >= 11 is 0. The minimum absolute atomic E-state index is 0.0267. The molecule has 0 bridgehead atoms. The van der Waals surface area contributed by atoms with E-state index in [1.807, 2.05) is 19.3 Å². The molecule has 0 saturated carbocycles. The van der Waals surface area contributed by atoms with Crippen LogP contribution in [0.2, 0.25) is 0 Å². The van der Waals surface area contributed by atoms with Gasteiger partial charge in [0.15, 0.2) is 5.82 Å². The van der Waals surface area contributed by atoms with Crippen LogP contribution in [0.4, 0.5) is 11.8 Å². The first kappa shape index (κ1) is 17.6. The van der Waals surface area contributed by atoms with Crippen LogP contribution in [0, 0.1) is 6.92 Å². The van der Waals surface area contributed by atoms with E-state index in [-0.39, 0.29) is 5.41 Å². The fourth-order valence-corrected chi connectivity index (χ4v) is 3.10. The number of aryl methyl sites for hydroxylation is 1. The molecular formula is C19H28N6. The third kappa shape index (κ3) is 4.06. The van der Waals surface area contributed by atoms with E-state index in [4.69, 9.17) is 0 Å². The summed E-state index contributed by atoms with van der Waals surface area (Å²) in [7, 11) is 2.08. The monoisotopic (exact) mass is 340 g/mol. The average molecular weight is 340 g/mol. The highest BCUT2D eigenvalue weighted by Crippen LogP contribution is 2.24. The second-order valence-corrected chi connectivity index (χ2v) is 7.94. The summed E-state index contributed by atoms with van der Waals surface area (Å²) in [6.07, 6.45) is 6.01. The minimum atomic E-state index is 0.0267. The maximum atomic E-state index is 4.47. The van der Waals surface area contributed by atoms with Gasteiger partial charge in [-0.3, -0.25) is 0 Å². The molecule has 134 valence electrons. The highest BCUT2D eigenvalue weighted by molar-refractivity contribution is 5.41. The molecule has 2 aromatic rings. The van der Waals surface area contributed by atoms with Crippen molar-refractivity contribution in [3.63, 3.8) is 0 Å². The first-order chi connectivity index (χ1) is 11.8. The van der Waals surface area contributed by atoms with Crippen LogP contribution in [0.15, 0.2) is 24.5 Å². The molecule has 6 heteroatoms. The van der Waals surface area contributed by atoms with Crippen LogP contribution in [-0.4, -0.2) is 46.3 Å². The summed E-state index contributed by atoms with van der Waals surface area (Å²) in [4.78, 5) is 13.4. The molecule has 3 heterocycles. The molecule has 25 heavy (non-hydrogen) atoms. The predicted molar refractivity (Wildman–Crippen MR) is 101 cm³/mol. The first-order valence-electron chi connectivity index (χ1n) is 8.95. The zero-order chi connectivity index (χ0) is 18.0. The maximum Gasteiger partial charge on any atom is 0.225 e. The summed E-state index contributed by atoms with van der Waals surface area (Å²) in [5.41, 5.74) is 2.13. The lowest BCUT2D eigenvalue weighted by molar-refractivity contribution is 0.478. The number of likely N-dealkylation sites (N-methyl/N-ethyl adjacent to an activating group) is 1. The highest BCUT2D eigenvalue weighted by Gasteiger charge is 2.26. The molecule has 1 atom stereocenters. The third-order valence-corrected chi connectivity index (χ3v) is 4.77. The molecule has 1 unspecified atom stereocenters. The van der Waals surface area contributed by atoms with Gasteiger partial charge >= 0.3 is 0 Å². The van der Waals surface area contributed by atoms with E-state index >= 15 is 0 Å². The Morgan fingerprint density at radius 2 is 1.84 bits per heavy atom. The van der Waals surface area contributed by atoms with E-state index in [2.05, 4.69) is 69.9 Å². The van der Waals surface area contributed by atoms with Gasteiger partial charge in [0.2, 0.25) is 5.95 Å². The number of aromatic nitrogens is 4. The van der Waals surface area contributed by atoms with Gasteiger partial charge in [0.25, 0.3) is 0 Å². The quantitative estimate of drug-likeness (QED) is 0.856. The lowest BCUT2D eigenvalue weighted by Gasteiger charge is -2.38. The van der Waals surface area contributed by atoms with Crippen LogP contribution in [-0.2, 0) is 5.41 Å². The predicted octanol–water partition coefficient (Wildman–Crippen LogP) is 2.98. The van der Waals surface area contributed by atoms with Crippen molar-refractivity contribution in [2.75, 3.05) is 29.9 Å². The van der Waals surface area contributed by atoms with Crippen LogP contribution < -0.4 is 9.80 Å². The Labute approximate surface area is 150 Å². The van der Waals surface area contributed by atoms with Crippen LogP contribution in [0.5, 0.6) is 0 Å². The fourth-order valence-electron chi connectivity index (χ4n) is 3.10. The molecule has 1 aliphatic rings. The summed E-state index contributed by atoms with van der Waals surface area (Å²) < 4.78 is 0. The summed E-state index contributed by atoms with van der Waals surface area (Å²) in [5, 5.41) is 8.91. The zero-order valence-corrected chi connectivity index (χ0v) is 15.9. The molecule has 0 aliphatic carbocycles. The van der Waals surface area contributed by atoms with Gasteiger partial charge in [-0.1, -0.05) is 20.8 Å². The van der Waals surface area contributed by atoms with E-state index in [1.54, 1.807) is 0 Å². The fraction of sp³-hybridized carbons (Fsp3) is 0.579. The van der Waals surface area contributed by atoms with Crippen molar-refractivity contribution in [3.8, 4) is 0 Å². The molecule has 0 aromatic carbocycles. The van der Waals surface area contributed by atoms with Crippen LogP contribution in [0.25, 0.3) is 0 Å². The molecule has 3 rings (SSSR count). The van der Waals surface area contributed by atoms with Crippen LogP contribution in [0.3, 0.4) is 0 Å². The van der Waals surface area contributed by atoms with Crippen molar-refractivity contribution in [3.05, 3.63) is 35.8 Å². The Morgan fingerprint density at radius 1 is 1.12 bits per heavy atom. The largest absolute Gasteiger partial charge is 0.353 e. The molecule has 0 radical (unpaired) electrons. The molecule has 1 aliphatic heterocycles. The summed E-state index contributed by atoms with van der Waals surface area (Å²) in [5.74, 6) is 1.74. The Hall–Kier alpha value is -2.24. The van der Waals surface area contributed by atoms with E-state index in [0.29, 0.717) is 6.04 Å². The Kier molecular flexibility index (Phi) is 4.88. The lowest BCUT2D eigenvalue weighted by atomic mass is 9.92. The van der Waals surface area contributed by atoms with E-state index in [9.17, 15) is 0 Å². The standard InChI is InChI=1S/C19H28N6/c1-14-11-20-18(21-12-14)24(5)15-7-6-10-25(13-15)17-9-8-16(22-23-17)19(2,3)4/h8-9,11-12,15H,6-7,10,13H2,1-5H3. The van der Waals surface area contributed by atoms with E-state index in [1.165, 1.54) is 0 Å². The van der Waals surface area contributed by atoms with Crippen molar-refractivity contribution >= 4 is 11.8 Å². The Morgan fingerprint density at radius 3 is 2.44 bits per heavy atom. The van der Waals surface area contributed by atoms with E-state index in [0.717, 1.165) is 49.0 Å². The highest BCUT2D eigenvalue weighted by atomic mass is 15.3. The SMILES string of the molecule is Cc1cnc(N(C)C2CCCN(c3ccc(C(C)(C)C)nn3)C2)nc1. The van der Waals surface area contributed by atoms with Gasteiger partial charge in [-0.15, -0.1) is 5.10 Å². The van der Waals surface area contributed by atoms with Gasteiger partial charge in [0, 0.05) is 44.0 Å². The second-order valence-electron chi connectivity index (χ2n) is 7.94. The Balaban J connectivity index is 1.71. The topological polar surface area (TPSA) is 58.0 Å². The smallest absolute Gasteiger partial charge is 0.225 e. The van der Waals surface area contributed by atoms with Crippen molar-refractivity contribution in [2.24, 2.45) is 0 Å². The second kappa shape index (κ2) is 6.94. The maximum absolute atomic E-state index is 4.47. The number of anilines is 2. The summed E-state index contributed by atoms with van der Waals surface area (Å²) in [6, 6.07) is 4.57. The molecule has 0 amide bonds. The molecular weight excluding hydrogens is 312 g/mol. The van der Waals surface area contributed by atoms with Crippen molar-refractivity contribution in [1.29, 1.82) is 0 Å². The van der Waals surface area contributed by atoms with Crippen molar-refractivity contribution < 1.29 is 0 Å². The number of hydrogen-bond donors (Lipinski definition) is 0. The van der Waals surface area contributed by atoms with Crippen LogP contribution in [0.1, 0.15) is 44.9 Å². The number of hydrogen-bond acceptors (Lipinski definition) is 6. The number of rotatable bonds is 3. The van der Waals surface area contributed by atoms with Gasteiger partial charge < -0.3 is 9.80 Å². The van der Waals surface area contributed by atoms with Gasteiger partial charge in [-0.05, 0) is 37.5 Å². The molecule has 6 nitrogen and oxygen atoms in total. The molecule has 1 saturated heterocycles. The summed E-state index contributed by atoms with van der Waals surface area (Å²) in [6.45, 7) is 10.4. The van der Waals surface area contributed by atoms with Gasteiger partial charge in [0.1, 0.15) is 0 Å². The Bertz CT molecular complexity index is 689. The van der Waals surface area contributed by atoms with Gasteiger partial charge in [-0.25, -0.2) is 9.97 Å². The molecule has 0 spiro atoms. The van der Waals surface area contributed by atoms with Crippen molar-refractivity contribution in [1.82, 2.24) is 20.2 Å². The van der Waals surface area contributed by atoms with Gasteiger partial charge in [0.05, 0.1) is 5.69 Å². The lowest BCUT2D eigenvalue weighted by Crippen LogP contribution is -2.47. The third-order valence-electron chi connectivity index (χ3n) is 4.77. The molecule has 0 N–H and O–H groups in total. The van der Waals surface area contributed by atoms with Crippen LogP contribution >= 0.6 is 0 Å². The van der Waals surface area contributed by atoms with Gasteiger partial charge in [-0.2, -0.15) is 5.10 Å². The minimum Gasteiger partial charge on any atom is -0.353 e. The average Bonchev–Trinajstić information content (AvgIpc) is 2.61. The van der Waals surface area contributed by atoms with Crippen molar-refractivity contribution in [2.45, 2.75) is 52.0 Å². The first-order valence-corrected chi connectivity index (χ1v) is 8.95. The number of piperidine rings is 1. The normalized spacial score (nSPS) is 18.3. The number of nitrogens with zero attached hydrogens (tertiary/aromatic N) is 6. The van der Waals surface area contributed by atoms with E-state index < -0.39 is 0 Å².